The van der Waals surface area contributed by atoms with Gasteiger partial charge in [-0.15, -0.1) is 0 Å². The summed E-state index contributed by atoms with van der Waals surface area (Å²) in [7, 11) is 0. The summed E-state index contributed by atoms with van der Waals surface area (Å²) < 4.78 is 7.19. The molecule has 134 valence electrons. The summed E-state index contributed by atoms with van der Waals surface area (Å²) in [6.07, 6.45) is 3.53. The van der Waals surface area contributed by atoms with Gasteiger partial charge in [-0.25, -0.2) is 15.0 Å². The van der Waals surface area contributed by atoms with Crippen LogP contribution in [0.25, 0.3) is 11.2 Å². The zero-order valence-corrected chi connectivity index (χ0v) is 14.2. The number of hydrogen-bond donors (Lipinski definition) is 2. The molecule has 3 aromatic rings. The molecule has 0 bridgehead atoms. The number of fused-ring (bicyclic) bond motifs is 2. The minimum atomic E-state index is -0.991. The van der Waals surface area contributed by atoms with E-state index in [0.717, 1.165) is 30.5 Å². The molecule has 2 aromatic heterocycles. The van der Waals surface area contributed by atoms with Crippen molar-refractivity contribution in [3.63, 3.8) is 0 Å². The van der Waals surface area contributed by atoms with E-state index >= 15 is 0 Å². The topological polar surface area (TPSA) is 93.3 Å². The van der Waals surface area contributed by atoms with Crippen LogP contribution in [0.5, 0.6) is 0 Å². The van der Waals surface area contributed by atoms with Crippen LogP contribution in [0.1, 0.15) is 23.0 Å². The molecule has 2 aliphatic rings. The largest absolute Gasteiger partial charge is 0.388 e. The molecule has 7 heteroatoms. The summed E-state index contributed by atoms with van der Waals surface area (Å²) in [5, 5.41) is 19.8. The van der Waals surface area contributed by atoms with E-state index in [1.807, 2.05) is 0 Å². The molecular weight excluding hydrogens is 332 g/mol. The second-order valence-corrected chi connectivity index (χ2v) is 7.17. The van der Waals surface area contributed by atoms with Gasteiger partial charge in [0.05, 0.1) is 18.6 Å². The fourth-order valence-electron chi connectivity index (χ4n) is 4.13. The maximum absolute atomic E-state index is 10.1. The molecule has 1 aromatic carbocycles. The number of ether oxygens (including phenoxy) is 1. The van der Waals surface area contributed by atoms with Crippen molar-refractivity contribution in [3.8, 4) is 0 Å². The summed E-state index contributed by atoms with van der Waals surface area (Å²) in [6.45, 7) is 0.101. The fourth-order valence-corrected chi connectivity index (χ4v) is 4.13. The van der Waals surface area contributed by atoms with E-state index in [4.69, 9.17) is 4.74 Å². The summed E-state index contributed by atoms with van der Waals surface area (Å²) in [6, 6.07) is 8.58. The molecule has 0 saturated carbocycles. The Hall–Kier alpha value is -2.35. The van der Waals surface area contributed by atoms with Crippen LogP contribution in [0.3, 0.4) is 0 Å². The zero-order chi connectivity index (χ0) is 17.7. The maximum atomic E-state index is 10.1. The smallest absolute Gasteiger partial charge is 0.165 e. The lowest BCUT2D eigenvalue weighted by atomic mass is 9.99. The van der Waals surface area contributed by atoms with Crippen LogP contribution in [-0.4, -0.2) is 48.5 Å². The van der Waals surface area contributed by atoms with Crippen molar-refractivity contribution < 1.29 is 14.9 Å². The van der Waals surface area contributed by atoms with Gasteiger partial charge in [0, 0.05) is 0 Å². The van der Waals surface area contributed by atoms with E-state index in [-0.39, 0.29) is 6.61 Å². The van der Waals surface area contributed by atoms with Gasteiger partial charge in [0.15, 0.2) is 11.9 Å². The normalized spacial score (nSPS) is 25.8. The standard InChI is InChI=1S/C19H20N4O3/c24-15-8-26-19(17(15)25)23-10-22-16-14(20-9-21-18(16)23)7-11-5-12-3-1-2-4-13(12)6-11/h1-4,9-11,15,17,19,24-25H,5-8H2. The van der Waals surface area contributed by atoms with Gasteiger partial charge >= 0.3 is 0 Å². The number of aliphatic hydroxyl groups is 2. The van der Waals surface area contributed by atoms with Crippen LogP contribution >= 0.6 is 0 Å². The Balaban J connectivity index is 1.43. The number of aliphatic hydroxyl groups excluding tert-OH is 2. The van der Waals surface area contributed by atoms with E-state index in [9.17, 15) is 10.2 Å². The summed E-state index contributed by atoms with van der Waals surface area (Å²) in [4.78, 5) is 13.3. The van der Waals surface area contributed by atoms with E-state index in [1.165, 1.54) is 17.5 Å². The maximum Gasteiger partial charge on any atom is 0.165 e. The van der Waals surface area contributed by atoms with Gasteiger partial charge in [0.1, 0.15) is 24.1 Å². The third-order valence-corrected chi connectivity index (χ3v) is 5.45. The molecule has 1 saturated heterocycles. The van der Waals surface area contributed by atoms with Crippen molar-refractivity contribution in [2.75, 3.05) is 6.61 Å². The molecular formula is C19H20N4O3. The Morgan fingerprint density at radius 3 is 2.54 bits per heavy atom. The minimum Gasteiger partial charge on any atom is -0.388 e. The van der Waals surface area contributed by atoms with Crippen LogP contribution in [0, 0.1) is 5.92 Å². The number of aromatic nitrogens is 4. The average molecular weight is 352 g/mol. The van der Waals surface area contributed by atoms with Crippen LogP contribution in [0.4, 0.5) is 0 Å². The third kappa shape index (κ3) is 2.51. The lowest BCUT2D eigenvalue weighted by Crippen LogP contribution is -2.28. The molecule has 1 aliphatic carbocycles. The number of nitrogens with zero attached hydrogens (tertiary/aromatic N) is 4. The lowest BCUT2D eigenvalue weighted by molar-refractivity contribution is -0.0162. The number of imidazole rings is 1. The molecule has 3 heterocycles. The van der Waals surface area contributed by atoms with Crippen LogP contribution in [-0.2, 0) is 24.0 Å². The van der Waals surface area contributed by atoms with Crippen molar-refractivity contribution in [1.29, 1.82) is 0 Å². The molecule has 26 heavy (non-hydrogen) atoms. The van der Waals surface area contributed by atoms with E-state index in [0.29, 0.717) is 11.6 Å². The van der Waals surface area contributed by atoms with Gasteiger partial charge in [-0.2, -0.15) is 0 Å². The van der Waals surface area contributed by atoms with Crippen molar-refractivity contribution in [1.82, 2.24) is 19.5 Å². The third-order valence-electron chi connectivity index (χ3n) is 5.45. The first-order chi connectivity index (χ1) is 12.7. The SMILES string of the molecule is OC1COC(n2cnc3c(CC4Cc5ccccc5C4)ncnc32)C1O. The van der Waals surface area contributed by atoms with Crippen LogP contribution in [0.15, 0.2) is 36.9 Å². The number of benzene rings is 1. The highest BCUT2D eigenvalue weighted by Crippen LogP contribution is 2.31. The average Bonchev–Trinajstić information content (AvgIpc) is 3.33. The molecule has 2 N–H and O–H groups in total. The fraction of sp³-hybridized carbons (Fsp3) is 0.421. The summed E-state index contributed by atoms with van der Waals surface area (Å²) in [5.41, 5.74) is 5.12. The minimum absolute atomic E-state index is 0.101. The molecule has 0 amide bonds. The molecule has 5 rings (SSSR count). The monoisotopic (exact) mass is 352 g/mol. The second kappa shape index (κ2) is 6.12. The van der Waals surface area contributed by atoms with Gasteiger partial charge in [0.2, 0.25) is 0 Å². The van der Waals surface area contributed by atoms with Crippen LogP contribution < -0.4 is 0 Å². The molecule has 0 spiro atoms. The number of hydrogen-bond acceptors (Lipinski definition) is 6. The summed E-state index contributed by atoms with van der Waals surface area (Å²) in [5.74, 6) is 0.505. The Morgan fingerprint density at radius 2 is 1.85 bits per heavy atom. The molecule has 7 nitrogen and oxygen atoms in total. The summed E-state index contributed by atoms with van der Waals surface area (Å²) >= 11 is 0. The first kappa shape index (κ1) is 15.9. The van der Waals surface area contributed by atoms with Gasteiger partial charge in [0.25, 0.3) is 0 Å². The Kier molecular flexibility index (Phi) is 3.74. The number of rotatable bonds is 3. The lowest BCUT2D eigenvalue weighted by Gasteiger charge is -2.16. The van der Waals surface area contributed by atoms with E-state index < -0.39 is 18.4 Å². The second-order valence-electron chi connectivity index (χ2n) is 7.17. The van der Waals surface area contributed by atoms with E-state index in [2.05, 4.69) is 39.2 Å². The van der Waals surface area contributed by atoms with Gasteiger partial charge in [-0.1, -0.05) is 24.3 Å². The van der Waals surface area contributed by atoms with Gasteiger partial charge < -0.3 is 14.9 Å². The first-order valence-corrected chi connectivity index (χ1v) is 8.91. The van der Waals surface area contributed by atoms with Crippen LogP contribution in [0.2, 0.25) is 0 Å². The predicted octanol–water partition coefficient (Wildman–Crippen LogP) is 1.03. The van der Waals surface area contributed by atoms with Gasteiger partial charge in [-0.05, 0) is 36.3 Å². The molecule has 3 atom stereocenters. The highest BCUT2D eigenvalue weighted by molar-refractivity contribution is 5.73. The first-order valence-electron chi connectivity index (χ1n) is 8.91. The highest BCUT2D eigenvalue weighted by Gasteiger charge is 2.37. The van der Waals surface area contributed by atoms with Crippen molar-refractivity contribution in [2.45, 2.75) is 37.7 Å². The molecule has 1 fully saturated rings. The predicted molar refractivity (Wildman–Crippen MR) is 93.4 cm³/mol. The van der Waals surface area contributed by atoms with Crippen molar-refractivity contribution >= 4 is 11.2 Å². The molecule has 0 radical (unpaired) electrons. The molecule has 1 aliphatic heterocycles. The Morgan fingerprint density at radius 1 is 1.08 bits per heavy atom. The molecule has 3 unspecified atom stereocenters. The van der Waals surface area contributed by atoms with E-state index in [1.54, 1.807) is 10.9 Å². The van der Waals surface area contributed by atoms with Gasteiger partial charge in [-0.3, -0.25) is 4.57 Å². The Bertz CT molecular complexity index is 932. The van der Waals surface area contributed by atoms with Crippen molar-refractivity contribution in [2.24, 2.45) is 5.92 Å². The quantitative estimate of drug-likeness (QED) is 0.731. The zero-order valence-electron chi connectivity index (χ0n) is 14.2. The Labute approximate surface area is 150 Å². The highest BCUT2D eigenvalue weighted by atomic mass is 16.5. The van der Waals surface area contributed by atoms with Crippen molar-refractivity contribution in [3.05, 3.63) is 53.7 Å².